The van der Waals surface area contributed by atoms with Crippen molar-refractivity contribution in [3.63, 3.8) is 0 Å². The smallest absolute Gasteiger partial charge is 0.0902 e. The van der Waals surface area contributed by atoms with Crippen LogP contribution in [0.1, 0.15) is 25.7 Å². The first-order valence-electron chi connectivity index (χ1n) is 6.35. The van der Waals surface area contributed by atoms with Gasteiger partial charge in [-0.3, -0.25) is 4.90 Å². The Kier molecular flexibility index (Phi) is 7.68. The van der Waals surface area contributed by atoms with E-state index in [0.717, 1.165) is 32.5 Å². The van der Waals surface area contributed by atoms with Gasteiger partial charge in [0.05, 0.1) is 24.2 Å². The molecule has 0 aromatic carbocycles. The zero-order valence-corrected chi connectivity index (χ0v) is 11.5. The van der Waals surface area contributed by atoms with E-state index in [9.17, 15) is 0 Å². The zero-order chi connectivity index (χ0) is 12.5. The fourth-order valence-corrected chi connectivity index (χ4v) is 2.46. The Bertz CT molecular complexity index is 227. The number of rotatable bonds is 8. The number of piperidine rings is 1. The Morgan fingerprint density at radius 3 is 2.88 bits per heavy atom. The van der Waals surface area contributed by atoms with E-state index in [1.165, 1.54) is 12.8 Å². The second-order valence-corrected chi connectivity index (χ2v) is 4.88. The summed E-state index contributed by atoms with van der Waals surface area (Å²) in [7, 11) is 1.68. The number of hydrogen-bond donors (Lipinski definition) is 1. The highest BCUT2D eigenvalue weighted by Crippen LogP contribution is 2.17. The Morgan fingerprint density at radius 2 is 2.18 bits per heavy atom. The molecule has 5 heteroatoms. The lowest BCUT2D eigenvalue weighted by Gasteiger charge is -2.34. The van der Waals surface area contributed by atoms with E-state index in [1.807, 2.05) is 0 Å². The third-order valence-corrected chi connectivity index (χ3v) is 3.38. The van der Waals surface area contributed by atoms with Crippen molar-refractivity contribution in [1.82, 2.24) is 4.90 Å². The molecule has 4 nitrogen and oxygen atoms in total. The van der Waals surface area contributed by atoms with Crippen molar-refractivity contribution < 1.29 is 9.47 Å². The van der Waals surface area contributed by atoms with Gasteiger partial charge >= 0.3 is 0 Å². The fourth-order valence-electron chi connectivity index (χ4n) is 2.19. The van der Waals surface area contributed by atoms with Gasteiger partial charge in [0.1, 0.15) is 0 Å². The van der Waals surface area contributed by atoms with Gasteiger partial charge in [0.25, 0.3) is 0 Å². The van der Waals surface area contributed by atoms with Crippen molar-refractivity contribution in [3.8, 4) is 0 Å². The molecule has 0 aromatic heterocycles. The first kappa shape index (κ1) is 14.8. The molecule has 0 amide bonds. The van der Waals surface area contributed by atoms with Gasteiger partial charge in [-0.2, -0.15) is 0 Å². The van der Waals surface area contributed by atoms with Crippen molar-refractivity contribution in [3.05, 3.63) is 0 Å². The molecular weight excluding hydrogens is 236 g/mol. The molecule has 0 radical (unpaired) electrons. The molecule has 0 aliphatic carbocycles. The third kappa shape index (κ3) is 5.77. The van der Waals surface area contributed by atoms with E-state index in [2.05, 4.69) is 4.90 Å². The SMILES string of the molecule is COCCOCCCN1CCCCC1C(N)=S. The average molecular weight is 260 g/mol. The number of nitrogens with zero attached hydrogens (tertiary/aromatic N) is 1. The molecule has 1 heterocycles. The van der Waals surface area contributed by atoms with Gasteiger partial charge in [-0.15, -0.1) is 0 Å². The monoisotopic (exact) mass is 260 g/mol. The predicted molar refractivity (Wildman–Crippen MR) is 73.3 cm³/mol. The lowest BCUT2D eigenvalue weighted by Crippen LogP contribution is -2.47. The summed E-state index contributed by atoms with van der Waals surface area (Å²) in [6, 6.07) is 0.303. The molecule has 0 bridgehead atoms. The summed E-state index contributed by atoms with van der Waals surface area (Å²) < 4.78 is 10.4. The summed E-state index contributed by atoms with van der Waals surface area (Å²) >= 11 is 5.12. The molecule has 0 aromatic rings. The maximum absolute atomic E-state index is 5.77. The normalized spacial score (nSPS) is 21.6. The maximum Gasteiger partial charge on any atom is 0.0902 e. The largest absolute Gasteiger partial charge is 0.392 e. The summed E-state index contributed by atoms with van der Waals surface area (Å²) in [6.07, 6.45) is 4.63. The van der Waals surface area contributed by atoms with E-state index in [-0.39, 0.29) is 0 Å². The molecule has 1 saturated heterocycles. The fraction of sp³-hybridized carbons (Fsp3) is 0.917. The van der Waals surface area contributed by atoms with Crippen molar-refractivity contribution >= 4 is 17.2 Å². The molecular formula is C12H24N2O2S. The van der Waals surface area contributed by atoms with Gasteiger partial charge in [-0.25, -0.2) is 0 Å². The second-order valence-electron chi connectivity index (χ2n) is 4.41. The minimum Gasteiger partial charge on any atom is -0.392 e. The van der Waals surface area contributed by atoms with Crippen LogP contribution in [0, 0.1) is 0 Å². The van der Waals surface area contributed by atoms with Crippen LogP contribution < -0.4 is 5.73 Å². The molecule has 1 atom stereocenters. The molecule has 0 spiro atoms. The Hall–Kier alpha value is -0.230. The van der Waals surface area contributed by atoms with Gasteiger partial charge in [-0.05, 0) is 25.8 Å². The van der Waals surface area contributed by atoms with Crippen molar-refractivity contribution in [2.45, 2.75) is 31.7 Å². The van der Waals surface area contributed by atoms with Gasteiger partial charge in [0.15, 0.2) is 0 Å². The van der Waals surface area contributed by atoms with Crippen molar-refractivity contribution in [1.29, 1.82) is 0 Å². The molecule has 2 N–H and O–H groups in total. The van der Waals surface area contributed by atoms with Crippen LogP contribution in [0.2, 0.25) is 0 Å². The highest BCUT2D eigenvalue weighted by molar-refractivity contribution is 7.80. The Morgan fingerprint density at radius 1 is 1.35 bits per heavy atom. The second kappa shape index (κ2) is 8.80. The molecule has 1 aliphatic heterocycles. The van der Waals surface area contributed by atoms with Crippen molar-refractivity contribution in [2.75, 3.05) is 40.0 Å². The van der Waals surface area contributed by atoms with Crippen LogP contribution in [0.25, 0.3) is 0 Å². The molecule has 1 unspecified atom stereocenters. The highest BCUT2D eigenvalue weighted by Gasteiger charge is 2.23. The number of nitrogens with two attached hydrogens (primary N) is 1. The quantitative estimate of drug-likeness (QED) is 0.524. The summed E-state index contributed by atoms with van der Waals surface area (Å²) in [5.74, 6) is 0. The van der Waals surface area contributed by atoms with Crippen LogP contribution >= 0.6 is 12.2 Å². The average Bonchev–Trinajstić information content (AvgIpc) is 2.34. The standard InChI is InChI=1S/C12H24N2O2S/c1-15-9-10-16-8-4-7-14-6-3-2-5-11(14)12(13)17/h11H,2-10H2,1H3,(H2,13,17). The number of methoxy groups -OCH3 is 1. The van der Waals surface area contributed by atoms with Gasteiger partial charge in [0.2, 0.25) is 0 Å². The Labute approximate surface area is 109 Å². The number of thiocarbonyl (C=S) groups is 1. The molecule has 1 aliphatic rings. The van der Waals surface area contributed by atoms with Gasteiger partial charge in [-0.1, -0.05) is 18.6 Å². The summed E-state index contributed by atoms with van der Waals surface area (Å²) in [6.45, 7) is 4.26. The zero-order valence-electron chi connectivity index (χ0n) is 10.7. The third-order valence-electron chi connectivity index (χ3n) is 3.11. The maximum atomic E-state index is 5.77. The topological polar surface area (TPSA) is 47.7 Å². The van der Waals surface area contributed by atoms with E-state index in [0.29, 0.717) is 24.2 Å². The molecule has 100 valence electrons. The number of hydrogen-bond acceptors (Lipinski definition) is 4. The summed E-state index contributed by atoms with van der Waals surface area (Å²) in [4.78, 5) is 3.04. The predicted octanol–water partition coefficient (Wildman–Crippen LogP) is 1.18. The first-order valence-corrected chi connectivity index (χ1v) is 6.76. The van der Waals surface area contributed by atoms with Crippen LogP contribution in [-0.4, -0.2) is 56.0 Å². The van der Waals surface area contributed by atoms with E-state index >= 15 is 0 Å². The molecule has 1 rings (SSSR count). The summed E-state index contributed by atoms with van der Waals surface area (Å²) in [5, 5.41) is 0. The first-order chi connectivity index (χ1) is 8.25. The Balaban J connectivity index is 2.13. The minimum absolute atomic E-state index is 0.303. The lowest BCUT2D eigenvalue weighted by molar-refractivity contribution is 0.0627. The molecule has 17 heavy (non-hydrogen) atoms. The van der Waals surface area contributed by atoms with Gasteiger partial charge in [0, 0.05) is 20.3 Å². The van der Waals surface area contributed by atoms with Crippen LogP contribution in [0.5, 0.6) is 0 Å². The van der Waals surface area contributed by atoms with Crippen LogP contribution in [-0.2, 0) is 9.47 Å². The van der Waals surface area contributed by atoms with E-state index in [4.69, 9.17) is 27.4 Å². The van der Waals surface area contributed by atoms with E-state index < -0.39 is 0 Å². The van der Waals surface area contributed by atoms with Crippen molar-refractivity contribution in [2.24, 2.45) is 5.73 Å². The van der Waals surface area contributed by atoms with Crippen LogP contribution in [0.4, 0.5) is 0 Å². The molecule has 0 saturated carbocycles. The lowest BCUT2D eigenvalue weighted by atomic mass is 10.0. The van der Waals surface area contributed by atoms with Crippen LogP contribution in [0.3, 0.4) is 0 Å². The molecule has 1 fully saturated rings. The summed E-state index contributed by atoms with van der Waals surface area (Å²) in [5.41, 5.74) is 5.77. The minimum atomic E-state index is 0.303. The van der Waals surface area contributed by atoms with Crippen LogP contribution in [0.15, 0.2) is 0 Å². The highest BCUT2D eigenvalue weighted by atomic mass is 32.1. The van der Waals surface area contributed by atoms with E-state index in [1.54, 1.807) is 7.11 Å². The number of ether oxygens (including phenoxy) is 2. The number of likely N-dealkylation sites (tertiary alicyclic amines) is 1. The van der Waals surface area contributed by atoms with Gasteiger partial charge < -0.3 is 15.2 Å².